The Hall–Kier alpha value is -1.94. The number of carbonyl (C=O) groups is 4. The Morgan fingerprint density at radius 2 is 0.490 bits per heavy atom. The summed E-state index contributed by atoms with van der Waals surface area (Å²) in [6.07, 6.45) is 65.1. The molecule has 0 fully saturated rings. The zero-order valence-electron chi connectivity index (χ0n) is 68.5. The van der Waals surface area contributed by atoms with Gasteiger partial charge in [-0.05, 0) is 43.4 Å². The molecule has 0 aliphatic carbocycles. The van der Waals surface area contributed by atoms with Gasteiger partial charge in [0.05, 0.1) is 26.4 Å². The monoisotopic (exact) mass is 1520 g/mol. The van der Waals surface area contributed by atoms with Crippen molar-refractivity contribution in [2.24, 2.45) is 17.8 Å². The van der Waals surface area contributed by atoms with Crippen LogP contribution < -0.4 is 0 Å². The van der Waals surface area contributed by atoms with Crippen molar-refractivity contribution in [3.05, 3.63) is 0 Å². The van der Waals surface area contributed by atoms with E-state index in [-0.39, 0.29) is 25.7 Å². The van der Waals surface area contributed by atoms with Gasteiger partial charge in [-0.1, -0.05) is 395 Å². The smallest absolute Gasteiger partial charge is 0.462 e. The molecule has 0 heterocycles. The number of aliphatic hydroxyl groups excluding tert-OH is 1. The number of carbonyl (C=O) groups excluding carboxylic acids is 4. The topological polar surface area (TPSA) is 237 Å². The van der Waals surface area contributed by atoms with Crippen LogP contribution in [0.3, 0.4) is 0 Å². The zero-order valence-corrected chi connectivity index (χ0v) is 70.3. The number of unbranched alkanes of at least 4 members (excludes halogenated alkanes) is 49. The van der Waals surface area contributed by atoms with E-state index in [0.29, 0.717) is 25.7 Å². The van der Waals surface area contributed by atoms with Crippen LogP contribution in [0.1, 0.15) is 447 Å². The Labute approximate surface area is 638 Å². The number of phosphoric acid groups is 2. The predicted molar refractivity (Wildman–Crippen MR) is 428 cm³/mol. The van der Waals surface area contributed by atoms with Gasteiger partial charge in [-0.3, -0.25) is 37.3 Å². The molecule has 0 aromatic rings. The fourth-order valence-electron chi connectivity index (χ4n) is 13.1. The first-order valence-electron chi connectivity index (χ1n) is 43.9. The van der Waals surface area contributed by atoms with Gasteiger partial charge in [-0.25, -0.2) is 9.13 Å². The molecule has 618 valence electrons. The summed E-state index contributed by atoms with van der Waals surface area (Å²) >= 11 is 0. The van der Waals surface area contributed by atoms with Crippen molar-refractivity contribution in [2.45, 2.75) is 465 Å². The minimum atomic E-state index is -4.97. The van der Waals surface area contributed by atoms with Crippen molar-refractivity contribution in [1.29, 1.82) is 0 Å². The molecule has 0 rings (SSSR count). The summed E-state index contributed by atoms with van der Waals surface area (Å²) in [5, 5.41) is 10.7. The summed E-state index contributed by atoms with van der Waals surface area (Å²) in [6, 6.07) is 0. The first-order chi connectivity index (χ1) is 50.3. The van der Waals surface area contributed by atoms with Gasteiger partial charge in [0, 0.05) is 25.7 Å². The van der Waals surface area contributed by atoms with E-state index in [1.807, 2.05) is 0 Å². The second-order valence-electron chi connectivity index (χ2n) is 31.5. The molecular formula is C85H166O17P2. The number of ether oxygens (including phenoxy) is 4. The predicted octanol–water partition coefficient (Wildman–Crippen LogP) is 25.7. The lowest BCUT2D eigenvalue weighted by Crippen LogP contribution is -2.30. The van der Waals surface area contributed by atoms with Gasteiger partial charge in [0.1, 0.15) is 19.3 Å². The molecule has 0 saturated heterocycles. The number of aliphatic hydroxyl groups is 1. The van der Waals surface area contributed by atoms with E-state index >= 15 is 0 Å². The van der Waals surface area contributed by atoms with Crippen LogP contribution in [0.4, 0.5) is 0 Å². The summed E-state index contributed by atoms with van der Waals surface area (Å²) in [5.41, 5.74) is 0. The van der Waals surface area contributed by atoms with Crippen molar-refractivity contribution in [2.75, 3.05) is 39.6 Å². The summed E-state index contributed by atoms with van der Waals surface area (Å²) in [5.74, 6) is 0.287. The summed E-state index contributed by atoms with van der Waals surface area (Å²) in [4.78, 5) is 73.2. The van der Waals surface area contributed by atoms with E-state index in [4.69, 9.17) is 37.0 Å². The Morgan fingerprint density at radius 1 is 0.279 bits per heavy atom. The SMILES string of the molecule is CCCCCCCCCCCCCCCCCCCCCCC(=O)O[C@H](COC(=O)CCCCCCCCCCCCCCCCC(C)CC)COP(=O)(O)OC[C@@H](O)COP(=O)(O)OC[C@@H](COC(=O)CCCCCCCCCCC(C)CC)OC(=O)CCCCCCCCCCCCCC(C)C. The molecule has 0 amide bonds. The lowest BCUT2D eigenvalue weighted by Gasteiger charge is -2.21. The average Bonchev–Trinajstić information content (AvgIpc) is 0.905. The van der Waals surface area contributed by atoms with Gasteiger partial charge in [-0.2, -0.15) is 0 Å². The van der Waals surface area contributed by atoms with Crippen LogP contribution in [0, 0.1) is 17.8 Å². The third-order valence-corrected chi connectivity index (χ3v) is 22.5. The molecule has 0 saturated carbocycles. The van der Waals surface area contributed by atoms with Gasteiger partial charge >= 0.3 is 39.5 Å². The van der Waals surface area contributed by atoms with Crippen molar-refractivity contribution in [3.63, 3.8) is 0 Å². The van der Waals surface area contributed by atoms with Crippen molar-refractivity contribution >= 4 is 39.5 Å². The quantitative estimate of drug-likeness (QED) is 0.0222. The van der Waals surface area contributed by atoms with Crippen LogP contribution >= 0.6 is 15.6 Å². The molecule has 0 aromatic heterocycles. The first kappa shape index (κ1) is 102. The van der Waals surface area contributed by atoms with Crippen LogP contribution in [-0.2, 0) is 65.4 Å². The number of hydrogen-bond acceptors (Lipinski definition) is 15. The molecule has 0 aromatic carbocycles. The number of rotatable bonds is 83. The van der Waals surface area contributed by atoms with Gasteiger partial charge in [0.2, 0.25) is 0 Å². The fraction of sp³-hybridized carbons (Fsp3) is 0.953. The summed E-state index contributed by atoms with van der Waals surface area (Å²) < 4.78 is 68.9. The Kier molecular flexibility index (Phi) is 73.7. The van der Waals surface area contributed by atoms with Gasteiger partial charge in [0.25, 0.3) is 0 Å². The van der Waals surface area contributed by atoms with E-state index in [1.54, 1.807) is 0 Å². The molecule has 4 unspecified atom stereocenters. The van der Waals surface area contributed by atoms with Gasteiger partial charge in [-0.15, -0.1) is 0 Å². The highest BCUT2D eigenvalue weighted by atomic mass is 31.2. The highest BCUT2D eigenvalue weighted by molar-refractivity contribution is 7.47. The molecule has 0 spiro atoms. The second kappa shape index (κ2) is 75.1. The van der Waals surface area contributed by atoms with Crippen LogP contribution in [0.5, 0.6) is 0 Å². The minimum Gasteiger partial charge on any atom is -0.462 e. The second-order valence-corrected chi connectivity index (χ2v) is 34.4. The molecule has 3 N–H and O–H groups in total. The average molecular weight is 1520 g/mol. The highest BCUT2D eigenvalue weighted by Gasteiger charge is 2.30. The maximum absolute atomic E-state index is 13.1. The standard InChI is InChI=1S/C85H166O17P2/c1-8-11-12-13-14-15-16-17-18-19-20-21-22-23-28-33-38-47-54-61-68-84(89)101-80(72-95-82(87)66-59-52-45-37-32-27-25-24-26-31-36-43-50-57-64-77(6)9-2)74-99-103(91,92)97-70-79(86)71-98-104(93,94)100-75-81(73-96-83(88)67-60-53-46-41-40-44-51-58-65-78(7)10-3)102-85(90)69-62-55-48-39-34-29-30-35-42-49-56-63-76(4)5/h76-81,86H,8-75H2,1-7H3,(H,91,92)(H,93,94)/t77?,78?,79-,80-,81-/m1/s1. The highest BCUT2D eigenvalue weighted by Crippen LogP contribution is 2.45. The Morgan fingerprint density at radius 3 is 0.731 bits per heavy atom. The largest absolute Gasteiger partial charge is 0.472 e. The molecule has 0 aliphatic rings. The third kappa shape index (κ3) is 75.5. The lowest BCUT2D eigenvalue weighted by molar-refractivity contribution is -0.161. The minimum absolute atomic E-state index is 0.106. The van der Waals surface area contributed by atoms with E-state index in [0.717, 1.165) is 108 Å². The molecule has 17 nitrogen and oxygen atoms in total. The van der Waals surface area contributed by atoms with Gasteiger partial charge < -0.3 is 33.8 Å². The molecule has 0 aliphatic heterocycles. The number of hydrogen-bond donors (Lipinski definition) is 3. The Bertz CT molecular complexity index is 2010. The summed E-state index contributed by atoms with van der Waals surface area (Å²) in [7, 11) is -9.93. The zero-order chi connectivity index (χ0) is 76.5. The van der Waals surface area contributed by atoms with Crippen LogP contribution in [0.25, 0.3) is 0 Å². The van der Waals surface area contributed by atoms with Crippen LogP contribution in [-0.4, -0.2) is 96.7 Å². The molecule has 19 heteroatoms. The molecule has 0 bridgehead atoms. The maximum Gasteiger partial charge on any atom is 0.472 e. The van der Waals surface area contributed by atoms with Crippen molar-refractivity contribution < 1.29 is 80.2 Å². The van der Waals surface area contributed by atoms with E-state index < -0.39 is 97.5 Å². The lowest BCUT2D eigenvalue weighted by atomic mass is 9.99. The van der Waals surface area contributed by atoms with E-state index in [2.05, 4.69) is 48.5 Å². The fourth-order valence-corrected chi connectivity index (χ4v) is 14.7. The normalized spacial score (nSPS) is 14.4. The third-order valence-electron chi connectivity index (χ3n) is 20.6. The first-order valence-corrected chi connectivity index (χ1v) is 46.9. The molecule has 104 heavy (non-hydrogen) atoms. The van der Waals surface area contributed by atoms with E-state index in [1.165, 1.54) is 257 Å². The van der Waals surface area contributed by atoms with Crippen molar-refractivity contribution in [1.82, 2.24) is 0 Å². The number of esters is 4. The molecular weight excluding hydrogens is 1350 g/mol. The van der Waals surface area contributed by atoms with Crippen molar-refractivity contribution in [3.8, 4) is 0 Å². The summed E-state index contributed by atoms with van der Waals surface area (Å²) in [6.45, 7) is 12.0. The molecule has 7 atom stereocenters. The van der Waals surface area contributed by atoms with E-state index in [9.17, 15) is 43.2 Å². The maximum atomic E-state index is 13.1. The van der Waals surface area contributed by atoms with Crippen LogP contribution in [0.2, 0.25) is 0 Å². The number of phosphoric ester groups is 2. The Balaban J connectivity index is 5.26. The van der Waals surface area contributed by atoms with Crippen LogP contribution in [0.15, 0.2) is 0 Å². The van der Waals surface area contributed by atoms with Gasteiger partial charge in [0.15, 0.2) is 12.2 Å². The molecule has 0 radical (unpaired) electrons.